The quantitative estimate of drug-likeness (QED) is 0.870. The van der Waals surface area contributed by atoms with Gasteiger partial charge in [-0.25, -0.2) is 4.98 Å². The maximum atomic E-state index is 6.01. The van der Waals surface area contributed by atoms with Crippen LogP contribution in [0, 0.1) is 18.3 Å². The molecule has 0 saturated heterocycles. The molecule has 2 atom stereocenters. The number of nitrogens with zero attached hydrogens (tertiary/aromatic N) is 1. The molecule has 1 fully saturated rings. The van der Waals surface area contributed by atoms with Crippen molar-refractivity contribution in [2.24, 2.45) is 11.3 Å². The van der Waals surface area contributed by atoms with Crippen LogP contribution in [0.2, 0.25) is 0 Å². The Hall–Kier alpha value is -1.25. The molecule has 0 aliphatic heterocycles. The van der Waals surface area contributed by atoms with Gasteiger partial charge in [-0.2, -0.15) is 0 Å². The largest absolute Gasteiger partial charge is 0.474 e. The van der Waals surface area contributed by atoms with Crippen LogP contribution in [-0.4, -0.2) is 11.1 Å². The molecule has 0 bridgehead atoms. The van der Waals surface area contributed by atoms with Crippen molar-refractivity contribution in [1.82, 2.24) is 4.98 Å². The van der Waals surface area contributed by atoms with Crippen molar-refractivity contribution in [3.63, 3.8) is 0 Å². The molecular formula is C15H24N2O. The van der Waals surface area contributed by atoms with Gasteiger partial charge in [0.2, 0.25) is 5.88 Å². The topological polar surface area (TPSA) is 48.1 Å². The fraction of sp³-hybridized carbons (Fsp3) is 0.667. The van der Waals surface area contributed by atoms with Crippen LogP contribution in [-0.2, 0) is 0 Å². The highest BCUT2D eigenvalue weighted by Gasteiger charge is 2.33. The number of hydrogen-bond acceptors (Lipinski definition) is 3. The van der Waals surface area contributed by atoms with Crippen molar-refractivity contribution in [1.29, 1.82) is 0 Å². The maximum absolute atomic E-state index is 6.01. The molecule has 3 nitrogen and oxygen atoms in total. The summed E-state index contributed by atoms with van der Waals surface area (Å²) in [6, 6.07) is 1.83. The van der Waals surface area contributed by atoms with E-state index in [9.17, 15) is 0 Å². The second-order valence-corrected chi connectivity index (χ2v) is 6.53. The summed E-state index contributed by atoms with van der Waals surface area (Å²) >= 11 is 0. The van der Waals surface area contributed by atoms with Crippen LogP contribution in [0.4, 0.5) is 5.69 Å². The average molecular weight is 248 g/mol. The lowest BCUT2D eigenvalue weighted by Crippen LogP contribution is -2.34. The monoisotopic (exact) mass is 248 g/mol. The fourth-order valence-corrected chi connectivity index (χ4v) is 3.10. The van der Waals surface area contributed by atoms with E-state index >= 15 is 0 Å². The highest BCUT2D eigenvalue weighted by Crippen LogP contribution is 2.39. The predicted molar refractivity (Wildman–Crippen MR) is 74.6 cm³/mol. The summed E-state index contributed by atoms with van der Waals surface area (Å²) in [6.45, 7) is 8.89. The van der Waals surface area contributed by atoms with E-state index in [4.69, 9.17) is 10.5 Å². The lowest BCUT2D eigenvalue weighted by Gasteiger charge is -2.38. The zero-order chi connectivity index (χ0) is 13.3. The Labute approximate surface area is 110 Å². The van der Waals surface area contributed by atoms with Crippen molar-refractivity contribution >= 4 is 5.69 Å². The Balaban J connectivity index is 2.06. The summed E-state index contributed by atoms with van der Waals surface area (Å²) in [5, 5.41) is 0. The molecule has 2 unspecified atom stereocenters. The van der Waals surface area contributed by atoms with Gasteiger partial charge in [0.05, 0.1) is 0 Å². The third-order valence-electron chi connectivity index (χ3n) is 3.75. The summed E-state index contributed by atoms with van der Waals surface area (Å²) < 4.78 is 6.01. The third-order valence-corrected chi connectivity index (χ3v) is 3.75. The number of pyridine rings is 1. The van der Waals surface area contributed by atoms with Crippen LogP contribution in [0.15, 0.2) is 12.3 Å². The van der Waals surface area contributed by atoms with E-state index in [0.29, 0.717) is 17.2 Å². The van der Waals surface area contributed by atoms with E-state index in [-0.39, 0.29) is 6.10 Å². The molecule has 2 rings (SSSR count). The molecule has 2 N–H and O–H groups in total. The van der Waals surface area contributed by atoms with E-state index in [0.717, 1.165) is 24.1 Å². The fourth-order valence-electron chi connectivity index (χ4n) is 3.10. The summed E-state index contributed by atoms with van der Waals surface area (Å²) in [5.41, 5.74) is 8.00. The van der Waals surface area contributed by atoms with Gasteiger partial charge in [0.25, 0.3) is 0 Å². The van der Waals surface area contributed by atoms with Gasteiger partial charge in [-0.3, -0.25) is 0 Å². The molecule has 0 spiro atoms. The molecular weight excluding hydrogens is 224 g/mol. The maximum Gasteiger partial charge on any atom is 0.215 e. The molecule has 1 aliphatic carbocycles. The molecule has 0 amide bonds. The van der Waals surface area contributed by atoms with Crippen LogP contribution in [0.5, 0.6) is 5.88 Å². The minimum absolute atomic E-state index is 0.262. The molecule has 1 aliphatic rings. The number of aryl methyl sites for hydroxylation is 1. The summed E-state index contributed by atoms with van der Waals surface area (Å²) in [5.74, 6) is 1.37. The molecule has 1 aromatic heterocycles. The van der Waals surface area contributed by atoms with Gasteiger partial charge >= 0.3 is 0 Å². The van der Waals surface area contributed by atoms with Gasteiger partial charge in [-0.05, 0) is 43.1 Å². The van der Waals surface area contributed by atoms with E-state index in [1.165, 1.54) is 6.42 Å². The Bertz CT molecular complexity index is 429. The predicted octanol–water partition coefficient (Wildman–Crippen LogP) is 3.57. The molecule has 0 aromatic carbocycles. The van der Waals surface area contributed by atoms with Crippen LogP contribution in [0.3, 0.4) is 0 Å². The lowest BCUT2D eigenvalue weighted by atomic mass is 9.71. The smallest absolute Gasteiger partial charge is 0.215 e. The lowest BCUT2D eigenvalue weighted by molar-refractivity contribution is 0.0533. The Morgan fingerprint density at radius 2 is 2.11 bits per heavy atom. The first-order valence-electron chi connectivity index (χ1n) is 6.74. The van der Waals surface area contributed by atoms with E-state index in [2.05, 4.69) is 25.8 Å². The van der Waals surface area contributed by atoms with Gasteiger partial charge in [-0.1, -0.05) is 20.8 Å². The van der Waals surface area contributed by atoms with E-state index in [1.807, 2.05) is 13.0 Å². The third kappa shape index (κ3) is 3.15. The average Bonchev–Trinajstić information content (AvgIpc) is 2.20. The highest BCUT2D eigenvalue weighted by molar-refractivity contribution is 5.47. The van der Waals surface area contributed by atoms with Gasteiger partial charge < -0.3 is 10.5 Å². The van der Waals surface area contributed by atoms with Gasteiger partial charge in [0, 0.05) is 18.0 Å². The first-order chi connectivity index (χ1) is 8.35. The number of nitrogen functional groups attached to an aromatic ring is 1. The highest BCUT2D eigenvalue weighted by atomic mass is 16.5. The standard InChI is InChI=1S/C15H24N2O/c1-10-5-12(8-15(3,4)7-10)18-14-6-13(16)11(2)9-17-14/h6,9-10,12H,5,7-8H2,1-4H3,(H2,16,17). The Kier molecular flexibility index (Phi) is 3.51. The normalized spacial score (nSPS) is 26.9. The minimum Gasteiger partial charge on any atom is -0.474 e. The van der Waals surface area contributed by atoms with Crippen molar-refractivity contribution in [3.05, 3.63) is 17.8 Å². The summed E-state index contributed by atoms with van der Waals surface area (Å²) in [7, 11) is 0. The zero-order valence-corrected chi connectivity index (χ0v) is 11.9. The first kappa shape index (κ1) is 13.2. The zero-order valence-electron chi connectivity index (χ0n) is 11.9. The van der Waals surface area contributed by atoms with Crippen molar-refractivity contribution in [3.8, 4) is 5.88 Å². The number of aromatic nitrogens is 1. The van der Waals surface area contributed by atoms with Crippen molar-refractivity contribution < 1.29 is 4.74 Å². The Morgan fingerprint density at radius 1 is 1.39 bits per heavy atom. The van der Waals surface area contributed by atoms with Crippen molar-refractivity contribution in [2.45, 2.75) is 53.1 Å². The Morgan fingerprint density at radius 3 is 2.72 bits per heavy atom. The minimum atomic E-state index is 0.262. The van der Waals surface area contributed by atoms with Crippen LogP contribution in [0.25, 0.3) is 0 Å². The first-order valence-corrected chi connectivity index (χ1v) is 6.74. The van der Waals surface area contributed by atoms with E-state index < -0.39 is 0 Å². The summed E-state index contributed by atoms with van der Waals surface area (Å²) in [4.78, 5) is 4.30. The number of ether oxygens (including phenoxy) is 1. The van der Waals surface area contributed by atoms with Crippen LogP contribution >= 0.6 is 0 Å². The second-order valence-electron chi connectivity index (χ2n) is 6.53. The van der Waals surface area contributed by atoms with Gasteiger partial charge in [0.1, 0.15) is 6.10 Å². The molecule has 1 saturated carbocycles. The molecule has 1 aromatic rings. The summed E-state index contributed by atoms with van der Waals surface area (Å²) in [6.07, 6.45) is 5.52. The second kappa shape index (κ2) is 4.79. The van der Waals surface area contributed by atoms with Crippen LogP contribution in [0.1, 0.15) is 45.6 Å². The number of hydrogen-bond donors (Lipinski definition) is 1. The van der Waals surface area contributed by atoms with Gasteiger partial charge in [-0.15, -0.1) is 0 Å². The molecule has 18 heavy (non-hydrogen) atoms. The van der Waals surface area contributed by atoms with Crippen LogP contribution < -0.4 is 10.5 Å². The SMILES string of the molecule is Cc1cnc(OC2CC(C)CC(C)(C)C2)cc1N. The molecule has 0 radical (unpaired) electrons. The van der Waals surface area contributed by atoms with Gasteiger partial charge in [0.15, 0.2) is 0 Å². The number of nitrogens with two attached hydrogens (primary N) is 1. The molecule has 100 valence electrons. The molecule has 1 heterocycles. The van der Waals surface area contributed by atoms with E-state index in [1.54, 1.807) is 6.20 Å². The molecule has 3 heteroatoms. The number of anilines is 1. The number of rotatable bonds is 2. The van der Waals surface area contributed by atoms with Crippen molar-refractivity contribution in [2.75, 3.05) is 5.73 Å².